The third kappa shape index (κ3) is 4.33. The Bertz CT molecular complexity index is 886. The Hall–Kier alpha value is -3.01. The van der Waals surface area contributed by atoms with E-state index >= 15 is 0 Å². The number of carbonyl (C=O) groups is 1. The van der Waals surface area contributed by atoms with Crippen LogP contribution in [0.25, 0.3) is 10.8 Å². The van der Waals surface area contributed by atoms with Gasteiger partial charge in [-0.3, -0.25) is 4.79 Å². The van der Waals surface area contributed by atoms with Crippen molar-refractivity contribution in [3.63, 3.8) is 0 Å². The minimum atomic E-state index is -0.584. The molecule has 134 valence electrons. The number of carbonyl (C=O) groups excluding carboxylic acids is 1. The molecule has 0 aliphatic rings. The smallest absolute Gasteiger partial charge is 0.260 e. The number of rotatable bonds is 7. The van der Waals surface area contributed by atoms with Crippen molar-refractivity contribution in [1.29, 1.82) is 0 Å². The van der Waals surface area contributed by atoms with Crippen LogP contribution in [0.3, 0.4) is 0 Å². The van der Waals surface area contributed by atoms with Crippen LogP contribution >= 0.6 is 0 Å². The van der Waals surface area contributed by atoms with E-state index in [0.29, 0.717) is 18.9 Å². The molecule has 0 bridgehead atoms. The fourth-order valence-electron chi connectivity index (χ4n) is 2.74. The number of amides is 1. The number of hydrogen-bond acceptors (Lipinski definition) is 3. The molecule has 3 aromatic carbocycles. The van der Waals surface area contributed by atoms with E-state index in [1.54, 1.807) is 6.92 Å². The first-order valence-electron chi connectivity index (χ1n) is 8.76. The van der Waals surface area contributed by atoms with Gasteiger partial charge >= 0.3 is 0 Å². The van der Waals surface area contributed by atoms with Gasteiger partial charge in [0.05, 0.1) is 6.54 Å². The minimum absolute atomic E-state index is 0.161. The van der Waals surface area contributed by atoms with Gasteiger partial charge in [-0.25, -0.2) is 0 Å². The van der Waals surface area contributed by atoms with Crippen molar-refractivity contribution < 1.29 is 14.3 Å². The quantitative estimate of drug-likeness (QED) is 0.653. The average Bonchev–Trinajstić information content (AvgIpc) is 2.66. The highest BCUT2D eigenvalue weighted by Crippen LogP contribution is 2.26. The number of aryl methyl sites for hydroxylation is 1. The topological polar surface area (TPSA) is 47.6 Å². The van der Waals surface area contributed by atoms with E-state index in [2.05, 4.69) is 5.32 Å². The summed E-state index contributed by atoms with van der Waals surface area (Å²) in [5, 5.41) is 4.94. The Morgan fingerprint density at radius 1 is 0.962 bits per heavy atom. The van der Waals surface area contributed by atoms with Gasteiger partial charge in [-0.15, -0.1) is 0 Å². The van der Waals surface area contributed by atoms with Gasteiger partial charge in [0, 0.05) is 5.39 Å². The first-order chi connectivity index (χ1) is 12.6. The summed E-state index contributed by atoms with van der Waals surface area (Å²) in [5.41, 5.74) is 1.08. The van der Waals surface area contributed by atoms with Gasteiger partial charge in [0.2, 0.25) is 0 Å². The summed E-state index contributed by atoms with van der Waals surface area (Å²) in [5.74, 6) is 1.38. The second-order valence-corrected chi connectivity index (χ2v) is 6.14. The van der Waals surface area contributed by atoms with Crippen LogP contribution in [0.2, 0.25) is 0 Å². The average molecular weight is 349 g/mol. The fourth-order valence-corrected chi connectivity index (χ4v) is 2.74. The van der Waals surface area contributed by atoms with Crippen molar-refractivity contribution in [2.75, 3.05) is 13.2 Å². The van der Waals surface area contributed by atoms with Crippen molar-refractivity contribution >= 4 is 16.7 Å². The van der Waals surface area contributed by atoms with Crippen molar-refractivity contribution in [2.24, 2.45) is 0 Å². The molecule has 0 aromatic heterocycles. The Labute approximate surface area is 153 Å². The van der Waals surface area contributed by atoms with Crippen LogP contribution in [0.5, 0.6) is 11.5 Å². The van der Waals surface area contributed by atoms with E-state index in [4.69, 9.17) is 9.47 Å². The summed E-state index contributed by atoms with van der Waals surface area (Å²) in [7, 11) is 0. The van der Waals surface area contributed by atoms with E-state index < -0.39 is 6.10 Å². The molecular weight excluding hydrogens is 326 g/mol. The van der Waals surface area contributed by atoms with E-state index in [-0.39, 0.29) is 5.91 Å². The standard InChI is InChI=1S/C22H23NO3/c1-16-8-3-6-12-20(16)25-15-14-23-22(24)17(2)26-21-13-7-10-18-9-4-5-11-19(18)21/h3-13,17H,14-15H2,1-2H3,(H,23,24)/t17-/m0/s1. The van der Waals surface area contributed by atoms with Gasteiger partial charge in [-0.2, -0.15) is 0 Å². The van der Waals surface area contributed by atoms with Crippen LogP contribution in [0, 0.1) is 6.92 Å². The molecule has 0 aliphatic heterocycles. The van der Waals surface area contributed by atoms with Gasteiger partial charge in [0.1, 0.15) is 18.1 Å². The maximum atomic E-state index is 12.3. The summed E-state index contributed by atoms with van der Waals surface area (Å²) >= 11 is 0. The van der Waals surface area contributed by atoms with Crippen molar-refractivity contribution in [1.82, 2.24) is 5.32 Å². The van der Waals surface area contributed by atoms with Crippen LogP contribution in [-0.2, 0) is 4.79 Å². The van der Waals surface area contributed by atoms with Gasteiger partial charge < -0.3 is 14.8 Å². The predicted octanol–water partition coefficient (Wildman–Crippen LogP) is 4.11. The highest BCUT2D eigenvalue weighted by Gasteiger charge is 2.15. The predicted molar refractivity (Wildman–Crippen MR) is 104 cm³/mol. The number of ether oxygens (including phenoxy) is 2. The highest BCUT2D eigenvalue weighted by atomic mass is 16.5. The lowest BCUT2D eigenvalue weighted by Gasteiger charge is -2.16. The maximum Gasteiger partial charge on any atom is 0.260 e. The zero-order valence-electron chi connectivity index (χ0n) is 15.1. The number of hydrogen-bond donors (Lipinski definition) is 1. The Kier molecular flexibility index (Phi) is 5.74. The first-order valence-corrected chi connectivity index (χ1v) is 8.76. The molecule has 1 atom stereocenters. The molecule has 26 heavy (non-hydrogen) atoms. The number of para-hydroxylation sites is 1. The van der Waals surface area contributed by atoms with Crippen LogP contribution in [0.15, 0.2) is 66.7 Å². The molecule has 1 N–H and O–H groups in total. The number of nitrogens with one attached hydrogen (secondary N) is 1. The fraction of sp³-hybridized carbons (Fsp3) is 0.227. The summed E-state index contributed by atoms with van der Waals surface area (Å²) in [6.07, 6.45) is -0.584. The van der Waals surface area contributed by atoms with Crippen molar-refractivity contribution in [3.8, 4) is 11.5 Å². The van der Waals surface area contributed by atoms with Crippen molar-refractivity contribution in [3.05, 3.63) is 72.3 Å². The highest BCUT2D eigenvalue weighted by molar-refractivity contribution is 5.89. The van der Waals surface area contributed by atoms with Gasteiger partial charge in [0.15, 0.2) is 6.10 Å². The summed E-state index contributed by atoms with van der Waals surface area (Å²) in [4.78, 5) is 12.3. The summed E-state index contributed by atoms with van der Waals surface area (Å²) in [6.45, 7) is 4.58. The first kappa shape index (κ1) is 17.8. The molecule has 1 amide bonds. The van der Waals surface area contributed by atoms with Crippen LogP contribution < -0.4 is 14.8 Å². The third-order valence-corrected chi connectivity index (χ3v) is 4.18. The molecule has 0 fully saturated rings. The maximum absolute atomic E-state index is 12.3. The molecule has 0 unspecified atom stereocenters. The lowest BCUT2D eigenvalue weighted by Crippen LogP contribution is -2.38. The number of benzene rings is 3. The Morgan fingerprint density at radius 3 is 2.50 bits per heavy atom. The molecule has 4 heteroatoms. The molecule has 0 radical (unpaired) electrons. The van der Waals surface area contributed by atoms with E-state index in [1.165, 1.54) is 0 Å². The summed E-state index contributed by atoms with van der Waals surface area (Å²) < 4.78 is 11.6. The number of fused-ring (bicyclic) bond motifs is 1. The normalized spacial score (nSPS) is 11.8. The van der Waals surface area contributed by atoms with Crippen LogP contribution in [0.4, 0.5) is 0 Å². The third-order valence-electron chi connectivity index (χ3n) is 4.18. The van der Waals surface area contributed by atoms with E-state index in [0.717, 1.165) is 22.1 Å². The molecular formula is C22H23NO3. The molecule has 3 rings (SSSR count). The summed E-state index contributed by atoms with van der Waals surface area (Å²) in [6, 6.07) is 21.6. The molecule has 3 aromatic rings. The minimum Gasteiger partial charge on any atom is -0.491 e. The zero-order chi connectivity index (χ0) is 18.4. The second-order valence-electron chi connectivity index (χ2n) is 6.14. The van der Waals surface area contributed by atoms with Crippen molar-refractivity contribution in [2.45, 2.75) is 20.0 Å². The molecule has 4 nitrogen and oxygen atoms in total. The zero-order valence-corrected chi connectivity index (χ0v) is 15.1. The lowest BCUT2D eigenvalue weighted by atomic mass is 10.1. The van der Waals surface area contributed by atoms with Crippen LogP contribution in [-0.4, -0.2) is 25.2 Å². The molecule has 0 saturated heterocycles. The van der Waals surface area contributed by atoms with Crippen LogP contribution in [0.1, 0.15) is 12.5 Å². The second kappa shape index (κ2) is 8.39. The molecule has 0 spiro atoms. The Balaban J connectivity index is 1.51. The molecule has 0 heterocycles. The van der Waals surface area contributed by atoms with E-state index in [1.807, 2.05) is 73.7 Å². The van der Waals surface area contributed by atoms with E-state index in [9.17, 15) is 4.79 Å². The van der Waals surface area contributed by atoms with Gasteiger partial charge in [-0.1, -0.05) is 54.6 Å². The largest absolute Gasteiger partial charge is 0.491 e. The molecule has 0 saturated carbocycles. The lowest BCUT2D eigenvalue weighted by molar-refractivity contribution is -0.127. The molecule has 0 aliphatic carbocycles. The SMILES string of the molecule is Cc1ccccc1OCCNC(=O)[C@H](C)Oc1cccc2ccccc12. The monoisotopic (exact) mass is 349 g/mol. The van der Waals surface area contributed by atoms with Gasteiger partial charge in [-0.05, 0) is 36.9 Å². The Morgan fingerprint density at radius 2 is 1.65 bits per heavy atom. The van der Waals surface area contributed by atoms with Gasteiger partial charge in [0.25, 0.3) is 5.91 Å².